The summed E-state index contributed by atoms with van der Waals surface area (Å²) in [7, 11) is 3.98. The Morgan fingerprint density at radius 3 is 3.19 bits per heavy atom. The molecule has 0 spiro atoms. The molecule has 5 heteroatoms. The monoisotopic (exact) mass is 241 g/mol. The fraction of sp³-hybridized carbons (Fsp3) is 0.727. The zero-order valence-electron chi connectivity index (χ0n) is 9.85. The molecule has 1 aromatic heterocycles. The van der Waals surface area contributed by atoms with Crippen LogP contribution in [0.2, 0.25) is 0 Å². The van der Waals surface area contributed by atoms with Crippen LogP contribution in [0.3, 0.4) is 0 Å². The fourth-order valence-corrected chi connectivity index (χ4v) is 3.14. The van der Waals surface area contributed by atoms with Gasteiger partial charge in [-0.05, 0) is 13.5 Å². The van der Waals surface area contributed by atoms with Crippen molar-refractivity contribution < 1.29 is 4.74 Å². The third-order valence-electron chi connectivity index (χ3n) is 3.02. The van der Waals surface area contributed by atoms with Crippen molar-refractivity contribution >= 4 is 11.8 Å². The van der Waals surface area contributed by atoms with Gasteiger partial charge in [-0.25, -0.2) is 0 Å². The molecule has 0 aromatic carbocycles. The van der Waals surface area contributed by atoms with Crippen molar-refractivity contribution in [3.8, 4) is 0 Å². The minimum absolute atomic E-state index is 0.535. The van der Waals surface area contributed by atoms with E-state index in [1.807, 2.05) is 36.7 Å². The molecule has 0 radical (unpaired) electrons. The van der Waals surface area contributed by atoms with Crippen LogP contribution in [0.15, 0.2) is 17.3 Å². The first-order chi connectivity index (χ1) is 7.79. The summed E-state index contributed by atoms with van der Waals surface area (Å²) in [4.78, 5) is 1.24. The summed E-state index contributed by atoms with van der Waals surface area (Å²) in [6.07, 6.45) is 5.16. The van der Waals surface area contributed by atoms with Crippen LogP contribution in [0.25, 0.3) is 0 Å². The van der Waals surface area contributed by atoms with Gasteiger partial charge in [-0.2, -0.15) is 5.10 Å². The molecule has 1 N–H and O–H groups in total. The second-order valence-corrected chi connectivity index (χ2v) is 5.27. The van der Waals surface area contributed by atoms with Crippen LogP contribution >= 0.6 is 11.8 Å². The van der Waals surface area contributed by atoms with Gasteiger partial charge in [0.05, 0.1) is 12.8 Å². The Labute approximate surface area is 101 Å². The summed E-state index contributed by atoms with van der Waals surface area (Å²) in [6.45, 7) is 1.82. The van der Waals surface area contributed by atoms with Gasteiger partial charge in [0.2, 0.25) is 0 Å². The lowest BCUT2D eigenvalue weighted by Crippen LogP contribution is -2.36. The number of hydrogen-bond donors (Lipinski definition) is 1. The minimum atomic E-state index is 0.535. The molecule has 1 aromatic rings. The summed E-state index contributed by atoms with van der Waals surface area (Å²) in [5.41, 5.74) is 0. The van der Waals surface area contributed by atoms with E-state index < -0.39 is 0 Å². The highest BCUT2D eigenvalue weighted by Crippen LogP contribution is 2.23. The Kier molecular flexibility index (Phi) is 4.26. The number of nitrogens with zero attached hydrogens (tertiary/aromatic N) is 2. The first-order valence-corrected chi connectivity index (χ1v) is 6.64. The minimum Gasteiger partial charge on any atom is -0.381 e. The molecule has 2 atom stereocenters. The number of aryl methyl sites for hydroxylation is 1. The first kappa shape index (κ1) is 12.0. The van der Waals surface area contributed by atoms with Gasteiger partial charge < -0.3 is 10.1 Å². The highest BCUT2D eigenvalue weighted by atomic mass is 32.2. The van der Waals surface area contributed by atoms with Crippen LogP contribution in [0.4, 0.5) is 0 Å². The van der Waals surface area contributed by atoms with Crippen molar-refractivity contribution in [2.45, 2.75) is 17.4 Å². The van der Waals surface area contributed by atoms with Crippen molar-refractivity contribution in [1.82, 2.24) is 15.1 Å². The smallest absolute Gasteiger partial charge is 0.0625 e. The van der Waals surface area contributed by atoms with Crippen molar-refractivity contribution in [3.05, 3.63) is 12.4 Å². The maximum atomic E-state index is 5.43. The second kappa shape index (κ2) is 5.70. The molecule has 0 aliphatic carbocycles. The number of nitrogens with one attached hydrogen (secondary N) is 1. The Morgan fingerprint density at radius 1 is 1.75 bits per heavy atom. The van der Waals surface area contributed by atoms with E-state index in [9.17, 15) is 0 Å². The van der Waals surface area contributed by atoms with E-state index in [0.29, 0.717) is 12.0 Å². The molecule has 2 heterocycles. The Morgan fingerprint density at radius 2 is 2.62 bits per heavy atom. The molecule has 16 heavy (non-hydrogen) atoms. The van der Waals surface area contributed by atoms with Gasteiger partial charge in [-0.1, -0.05) is 0 Å². The zero-order valence-corrected chi connectivity index (χ0v) is 10.7. The summed E-state index contributed by atoms with van der Waals surface area (Å²) in [5, 5.41) is 7.56. The van der Waals surface area contributed by atoms with E-state index in [1.54, 1.807) is 0 Å². The molecular formula is C11H19N3OS. The Bertz CT molecular complexity index is 323. The maximum Gasteiger partial charge on any atom is 0.0625 e. The average molecular weight is 241 g/mol. The highest BCUT2D eigenvalue weighted by molar-refractivity contribution is 7.99. The molecule has 0 amide bonds. The number of rotatable bonds is 5. The van der Waals surface area contributed by atoms with Crippen LogP contribution in [0.1, 0.15) is 6.42 Å². The number of aromatic nitrogens is 2. The lowest BCUT2D eigenvalue weighted by molar-refractivity contribution is 0.180. The molecule has 1 aliphatic rings. The van der Waals surface area contributed by atoms with E-state index >= 15 is 0 Å². The predicted octanol–water partition coefficient (Wildman–Crippen LogP) is 1.14. The second-order valence-electron chi connectivity index (χ2n) is 4.18. The van der Waals surface area contributed by atoms with Crippen LogP contribution in [-0.4, -0.2) is 41.8 Å². The van der Waals surface area contributed by atoms with Gasteiger partial charge in [0.25, 0.3) is 0 Å². The van der Waals surface area contributed by atoms with E-state index in [-0.39, 0.29) is 0 Å². The molecule has 1 aliphatic heterocycles. The Balaban J connectivity index is 1.82. The zero-order chi connectivity index (χ0) is 11.4. The van der Waals surface area contributed by atoms with Gasteiger partial charge >= 0.3 is 0 Å². The highest BCUT2D eigenvalue weighted by Gasteiger charge is 2.24. The third kappa shape index (κ3) is 2.99. The summed E-state index contributed by atoms with van der Waals surface area (Å²) in [5.74, 6) is 1.74. The summed E-state index contributed by atoms with van der Waals surface area (Å²) < 4.78 is 7.27. The van der Waals surface area contributed by atoms with Gasteiger partial charge in [-0.15, -0.1) is 11.8 Å². The van der Waals surface area contributed by atoms with Gasteiger partial charge in [0.1, 0.15) is 0 Å². The topological polar surface area (TPSA) is 39.1 Å². The normalized spacial score (nSPS) is 22.5. The van der Waals surface area contributed by atoms with Gasteiger partial charge in [0, 0.05) is 42.5 Å². The van der Waals surface area contributed by atoms with Crippen LogP contribution < -0.4 is 5.32 Å². The van der Waals surface area contributed by atoms with Crippen LogP contribution in [-0.2, 0) is 11.8 Å². The number of ether oxygens (including phenoxy) is 1. The van der Waals surface area contributed by atoms with E-state index in [1.165, 1.54) is 11.3 Å². The van der Waals surface area contributed by atoms with Crippen LogP contribution in [0.5, 0.6) is 0 Å². The largest absolute Gasteiger partial charge is 0.381 e. The van der Waals surface area contributed by atoms with Crippen LogP contribution in [0, 0.1) is 5.92 Å². The van der Waals surface area contributed by atoms with Crippen molar-refractivity contribution in [2.75, 3.05) is 26.0 Å². The molecule has 1 saturated heterocycles. The van der Waals surface area contributed by atoms with Gasteiger partial charge in [-0.3, -0.25) is 4.68 Å². The molecular weight excluding hydrogens is 222 g/mol. The standard InChI is InChI=1S/C11H19N3OS/c1-12-11(9-3-4-15-7-9)8-16-10-5-13-14(2)6-10/h5-6,9,11-12H,3-4,7-8H2,1-2H3. The molecule has 90 valence electrons. The van der Waals surface area contributed by atoms with Crippen molar-refractivity contribution in [2.24, 2.45) is 13.0 Å². The van der Waals surface area contributed by atoms with Crippen molar-refractivity contribution in [1.29, 1.82) is 0 Å². The third-order valence-corrected chi connectivity index (χ3v) is 4.09. The predicted molar refractivity (Wildman–Crippen MR) is 65.7 cm³/mol. The molecule has 0 bridgehead atoms. The number of hydrogen-bond acceptors (Lipinski definition) is 4. The lowest BCUT2D eigenvalue weighted by atomic mass is 10.0. The van der Waals surface area contributed by atoms with Gasteiger partial charge in [0.15, 0.2) is 0 Å². The molecule has 2 unspecified atom stereocenters. The van der Waals surface area contributed by atoms with E-state index in [0.717, 1.165) is 19.0 Å². The Hall–Kier alpha value is -0.520. The quantitative estimate of drug-likeness (QED) is 0.785. The molecule has 4 nitrogen and oxygen atoms in total. The van der Waals surface area contributed by atoms with E-state index in [2.05, 4.69) is 16.6 Å². The summed E-state index contributed by atoms with van der Waals surface area (Å²) in [6, 6.07) is 0.535. The molecule has 0 saturated carbocycles. The first-order valence-electron chi connectivity index (χ1n) is 5.66. The maximum absolute atomic E-state index is 5.43. The van der Waals surface area contributed by atoms with Crippen molar-refractivity contribution in [3.63, 3.8) is 0 Å². The lowest BCUT2D eigenvalue weighted by Gasteiger charge is -2.20. The van der Waals surface area contributed by atoms with E-state index in [4.69, 9.17) is 4.74 Å². The average Bonchev–Trinajstić information content (AvgIpc) is 2.91. The number of thioether (sulfide) groups is 1. The summed E-state index contributed by atoms with van der Waals surface area (Å²) >= 11 is 1.86. The SMILES string of the molecule is CNC(CSc1cnn(C)c1)C1CCOC1. The molecule has 2 rings (SSSR count). The fourth-order valence-electron chi connectivity index (χ4n) is 1.98. The molecule has 1 fully saturated rings.